The van der Waals surface area contributed by atoms with Gasteiger partial charge in [-0.3, -0.25) is 0 Å². The van der Waals surface area contributed by atoms with Crippen LogP contribution in [0.15, 0.2) is 12.4 Å². The number of ether oxygens (including phenoxy) is 1. The van der Waals surface area contributed by atoms with Crippen LogP contribution in [0.3, 0.4) is 0 Å². The number of aryl methyl sites for hydroxylation is 1. The van der Waals surface area contributed by atoms with Crippen LogP contribution in [0.4, 0.5) is 0 Å². The molecule has 106 valence electrons. The molecule has 1 aliphatic carbocycles. The van der Waals surface area contributed by atoms with Gasteiger partial charge in [0, 0.05) is 32.1 Å². The van der Waals surface area contributed by atoms with Crippen LogP contribution in [0.25, 0.3) is 0 Å². The lowest BCUT2D eigenvalue weighted by atomic mass is 10.1. The average Bonchev–Trinajstić information content (AvgIpc) is 2.94. The van der Waals surface area contributed by atoms with Crippen molar-refractivity contribution in [2.45, 2.75) is 57.2 Å². The van der Waals surface area contributed by atoms with Crippen molar-refractivity contribution in [2.75, 3.05) is 6.61 Å². The Morgan fingerprint density at radius 2 is 2.32 bits per heavy atom. The predicted molar refractivity (Wildman–Crippen MR) is 74.9 cm³/mol. The fourth-order valence-corrected chi connectivity index (χ4v) is 3.13. The lowest BCUT2D eigenvalue weighted by Crippen LogP contribution is -2.35. The molecular weight excluding hydrogens is 238 g/mol. The molecule has 1 aromatic rings. The first-order chi connectivity index (χ1) is 9.24. The van der Waals surface area contributed by atoms with Crippen molar-refractivity contribution in [1.29, 1.82) is 0 Å². The highest BCUT2D eigenvalue weighted by Gasteiger charge is 2.35. The Bertz CT molecular complexity index is 407. The Balaban J connectivity index is 1.60. The second-order valence-electron chi connectivity index (χ2n) is 6.15. The quantitative estimate of drug-likeness (QED) is 0.856. The third-order valence-corrected chi connectivity index (χ3v) is 4.33. The van der Waals surface area contributed by atoms with E-state index in [1.54, 1.807) is 0 Å². The van der Waals surface area contributed by atoms with E-state index in [9.17, 15) is 0 Å². The Hall–Kier alpha value is -0.870. The van der Waals surface area contributed by atoms with Crippen molar-refractivity contribution >= 4 is 0 Å². The lowest BCUT2D eigenvalue weighted by molar-refractivity contribution is 0.0943. The smallest absolute Gasteiger partial charge is 0.125 e. The van der Waals surface area contributed by atoms with Gasteiger partial charge in [0.15, 0.2) is 0 Å². The zero-order chi connectivity index (χ0) is 13.2. The molecule has 0 aromatic carbocycles. The molecule has 0 amide bonds. The molecule has 2 fully saturated rings. The molecule has 1 aliphatic heterocycles. The molecule has 4 heteroatoms. The summed E-state index contributed by atoms with van der Waals surface area (Å²) in [5, 5.41) is 3.79. The van der Waals surface area contributed by atoms with Crippen LogP contribution >= 0.6 is 0 Å². The normalized spacial score (nSPS) is 26.5. The molecule has 2 heterocycles. The van der Waals surface area contributed by atoms with E-state index >= 15 is 0 Å². The summed E-state index contributed by atoms with van der Waals surface area (Å²) in [6.07, 6.45) is 10.6. The molecule has 1 saturated carbocycles. The van der Waals surface area contributed by atoms with Gasteiger partial charge in [0.25, 0.3) is 0 Å². The highest BCUT2D eigenvalue weighted by Crippen LogP contribution is 2.40. The van der Waals surface area contributed by atoms with E-state index in [2.05, 4.69) is 28.8 Å². The summed E-state index contributed by atoms with van der Waals surface area (Å²) in [4.78, 5) is 4.53. The Morgan fingerprint density at radius 1 is 1.47 bits per heavy atom. The highest BCUT2D eigenvalue weighted by molar-refractivity contribution is 5.05. The standard InChI is InChI=1S/C15H25N3O/c1-11(10-13-4-3-9-19-13)17-14(12-5-6-12)15-16-7-8-18(15)2/h7-8,11-14,17H,3-6,9-10H2,1-2H3/t11-,13-,14+/m1/s1. The number of hydrogen-bond donors (Lipinski definition) is 1. The molecule has 0 bridgehead atoms. The third kappa shape index (κ3) is 3.18. The maximum atomic E-state index is 5.73. The van der Waals surface area contributed by atoms with Crippen LogP contribution in [0.2, 0.25) is 0 Å². The van der Waals surface area contributed by atoms with Gasteiger partial charge in [-0.15, -0.1) is 0 Å². The zero-order valence-electron chi connectivity index (χ0n) is 12.0. The van der Waals surface area contributed by atoms with Gasteiger partial charge in [-0.1, -0.05) is 0 Å². The minimum absolute atomic E-state index is 0.413. The topological polar surface area (TPSA) is 39.1 Å². The minimum atomic E-state index is 0.413. The first-order valence-corrected chi connectivity index (χ1v) is 7.59. The average molecular weight is 263 g/mol. The van der Waals surface area contributed by atoms with Crippen LogP contribution < -0.4 is 5.32 Å². The Morgan fingerprint density at radius 3 is 2.89 bits per heavy atom. The maximum Gasteiger partial charge on any atom is 0.125 e. The molecule has 19 heavy (non-hydrogen) atoms. The van der Waals surface area contributed by atoms with Crippen molar-refractivity contribution in [1.82, 2.24) is 14.9 Å². The summed E-state index contributed by atoms with van der Waals surface area (Å²) in [5.41, 5.74) is 0. The molecule has 1 saturated heterocycles. The number of aromatic nitrogens is 2. The second kappa shape index (κ2) is 5.63. The fourth-order valence-electron chi connectivity index (χ4n) is 3.13. The van der Waals surface area contributed by atoms with Crippen molar-refractivity contribution in [3.05, 3.63) is 18.2 Å². The van der Waals surface area contributed by atoms with E-state index in [1.807, 2.05) is 12.4 Å². The molecule has 0 radical (unpaired) electrons. The van der Waals surface area contributed by atoms with Gasteiger partial charge in [0.05, 0.1) is 12.1 Å². The van der Waals surface area contributed by atoms with E-state index in [1.165, 1.54) is 31.5 Å². The number of imidazole rings is 1. The Kier molecular flexibility index (Phi) is 3.89. The van der Waals surface area contributed by atoms with Gasteiger partial charge < -0.3 is 14.6 Å². The van der Waals surface area contributed by atoms with Crippen LogP contribution in [-0.4, -0.2) is 28.3 Å². The van der Waals surface area contributed by atoms with Gasteiger partial charge in [-0.05, 0) is 44.9 Å². The third-order valence-electron chi connectivity index (χ3n) is 4.33. The predicted octanol–water partition coefficient (Wildman–Crippen LogP) is 2.42. The van der Waals surface area contributed by atoms with Crippen molar-refractivity contribution in [3.63, 3.8) is 0 Å². The molecule has 3 rings (SSSR count). The molecule has 2 aliphatic rings. The van der Waals surface area contributed by atoms with Crippen LogP contribution in [0, 0.1) is 5.92 Å². The van der Waals surface area contributed by atoms with E-state index in [4.69, 9.17) is 4.74 Å². The van der Waals surface area contributed by atoms with Gasteiger partial charge >= 0.3 is 0 Å². The summed E-state index contributed by atoms with van der Waals surface area (Å²) in [7, 11) is 2.09. The molecule has 3 atom stereocenters. The fraction of sp³-hybridized carbons (Fsp3) is 0.800. The molecule has 0 unspecified atom stereocenters. The van der Waals surface area contributed by atoms with Gasteiger partial charge in [-0.2, -0.15) is 0 Å². The van der Waals surface area contributed by atoms with Gasteiger partial charge in [0.1, 0.15) is 5.82 Å². The number of nitrogens with zero attached hydrogens (tertiary/aromatic N) is 2. The van der Waals surface area contributed by atoms with Crippen LogP contribution in [0.5, 0.6) is 0 Å². The maximum absolute atomic E-state index is 5.73. The molecule has 0 spiro atoms. The minimum Gasteiger partial charge on any atom is -0.378 e. The first-order valence-electron chi connectivity index (χ1n) is 7.59. The summed E-state index contributed by atoms with van der Waals surface area (Å²) in [6.45, 7) is 3.23. The molecule has 1 N–H and O–H groups in total. The largest absolute Gasteiger partial charge is 0.378 e. The van der Waals surface area contributed by atoms with E-state index in [-0.39, 0.29) is 0 Å². The van der Waals surface area contributed by atoms with Crippen molar-refractivity contribution in [2.24, 2.45) is 13.0 Å². The summed E-state index contributed by atoms with van der Waals surface area (Å²) in [6, 6.07) is 0.904. The lowest BCUT2D eigenvalue weighted by Gasteiger charge is -2.24. The first kappa shape index (κ1) is 13.1. The summed E-state index contributed by atoms with van der Waals surface area (Å²) in [5.74, 6) is 1.95. The van der Waals surface area contributed by atoms with Gasteiger partial charge in [-0.25, -0.2) is 4.98 Å². The van der Waals surface area contributed by atoms with Crippen molar-refractivity contribution in [3.8, 4) is 0 Å². The van der Waals surface area contributed by atoms with Crippen LogP contribution in [0.1, 0.15) is 50.9 Å². The number of nitrogens with one attached hydrogen (secondary N) is 1. The summed E-state index contributed by atoms with van der Waals surface area (Å²) >= 11 is 0. The highest BCUT2D eigenvalue weighted by atomic mass is 16.5. The monoisotopic (exact) mass is 263 g/mol. The number of rotatable bonds is 6. The zero-order valence-corrected chi connectivity index (χ0v) is 12.0. The molecule has 1 aromatic heterocycles. The Labute approximate surface area is 115 Å². The van der Waals surface area contributed by atoms with Crippen LogP contribution in [-0.2, 0) is 11.8 Å². The van der Waals surface area contributed by atoms with Gasteiger partial charge in [0.2, 0.25) is 0 Å². The molecule has 4 nitrogen and oxygen atoms in total. The summed E-state index contributed by atoms with van der Waals surface area (Å²) < 4.78 is 7.88. The van der Waals surface area contributed by atoms with E-state index in [0.717, 1.165) is 18.9 Å². The van der Waals surface area contributed by atoms with Crippen molar-refractivity contribution < 1.29 is 4.74 Å². The van der Waals surface area contributed by atoms with E-state index < -0.39 is 0 Å². The molecular formula is C15H25N3O. The van der Waals surface area contributed by atoms with E-state index in [0.29, 0.717) is 18.2 Å². The SMILES string of the molecule is C[C@H](C[C@H]1CCCO1)N[C@H](c1nccn1C)C1CC1. The second-order valence-corrected chi connectivity index (χ2v) is 6.15. The number of hydrogen-bond acceptors (Lipinski definition) is 3.